The van der Waals surface area contributed by atoms with Crippen molar-refractivity contribution in [1.29, 1.82) is 0 Å². The molecule has 170 valence electrons. The zero-order valence-corrected chi connectivity index (χ0v) is 20.3. The Morgan fingerprint density at radius 2 is 1.97 bits per heavy atom. The number of amides is 1. The van der Waals surface area contributed by atoms with Crippen LogP contribution in [0.1, 0.15) is 31.7 Å². The monoisotopic (exact) mass is 470 g/mol. The van der Waals surface area contributed by atoms with Crippen molar-refractivity contribution in [2.75, 3.05) is 25.4 Å². The first-order valence-electron chi connectivity index (χ1n) is 11.2. The molecule has 0 aliphatic carbocycles. The number of aryl methyl sites for hydroxylation is 1. The van der Waals surface area contributed by atoms with Gasteiger partial charge in [-0.1, -0.05) is 30.0 Å². The minimum atomic E-state index is 0.195. The van der Waals surface area contributed by atoms with E-state index < -0.39 is 0 Å². The zero-order chi connectivity index (χ0) is 22.3. The van der Waals surface area contributed by atoms with Gasteiger partial charge in [0.25, 0.3) is 0 Å². The first-order chi connectivity index (χ1) is 15.6. The van der Waals surface area contributed by atoms with Gasteiger partial charge in [0, 0.05) is 20.1 Å². The Bertz CT molecular complexity index is 994. The van der Waals surface area contributed by atoms with Gasteiger partial charge in [0.05, 0.1) is 17.2 Å². The van der Waals surface area contributed by atoms with E-state index in [-0.39, 0.29) is 5.91 Å². The van der Waals surface area contributed by atoms with E-state index in [0.29, 0.717) is 18.3 Å². The first kappa shape index (κ1) is 22.9. The lowest BCUT2D eigenvalue weighted by atomic mass is 9.90. The van der Waals surface area contributed by atoms with Gasteiger partial charge in [-0.05, 0) is 67.7 Å². The van der Waals surface area contributed by atoms with Crippen molar-refractivity contribution >= 4 is 29.0 Å². The second kappa shape index (κ2) is 11.0. The third-order valence-corrected chi connectivity index (χ3v) is 7.81. The molecule has 3 heterocycles. The molecule has 1 aliphatic rings. The van der Waals surface area contributed by atoms with Gasteiger partial charge in [-0.3, -0.25) is 4.79 Å². The Morgan fingerprint density at radius 1 is 1.19 bits per heavy atom. The van der Waals surface area contributed by atoms with Gasteiger partial charge in [-0.25, -0.2) is 0 Å². The molecule has 0 N–H and O–H groups in total. The summed E-state index contributed by atoms with van der Waals surface area (Å²) in [6, 6.07) is 12.5. The van der Waals surface area contributed by atoms with Crippen molar-refractivity contribution in [3.05, 3.63) is 47.3 Å². The molecular formula is C24H30N4O2S2. The molecule has 32 heavy (non-hydrogen) atoms. The van der Waals surface area contributed by atoms with Crippen LogP contribution in [0.2, 0.25) is 0 Å². The van der Waals surface area contributed by atoms with Gasteiger partial charge >= 0.3 is 0 Å². The molecule has 6 nitrogen and oxygen atoms in total. The van der Waals surface area contributed by atoms with Crippen LogP contribution in [0, 0.1) is 5.92 Å². The Morgan fingerprint density at radius 3 is 2.66 bits per heavy atom. The number of thiophene rings is 1. The predicted octanol–water partition coefficient (Wildman–Crippen LogP) is 4.91. The Kier molecular flexibility index (Phi) is 7.86. The molecule has 0 unspecified atom stereocenters. The number of hydrogen-bond donors (Lipinski definition) is 0. The normalized spacial score (nSPS) is 14.6. The summed E-state index contributed by atoms with van der Waals surface area (Å²) in [4.78, 5) is 15.8. The van der Waals surface area contributed by atoms with Crippen molar-refractivity contribution in [2.45, 2.75) is 37.8 Å². The molecule has 0 atom stereocenters. The smallest absolute Gasteiger partial charge is 0.233 e. The molecule has 2 aromatic heterocycles. The van der Waals surface area contributed by atoms with Crippen LogP contribution >= 0.6 is 23.1 Å². The number of carbonyl (C=O) groups is 1. The summed E-state index contributed by atoms with van der Waals surface area (Å²) < 4.78 is 7.48. The summed E-state index contributed by atoms with van der Waals surface area (Å²) in [6.45, 7) is 4.41. The van der Waals surface area contributed by atoms with Gasteiger partial charge in [0.15, 0.2) is 11.0 Å². The van der Waals surface area contributed by atoms with Crippen LogP contribution < -0.4 is 4.74 Å². The highest BCUT2D eigenvalue weighted by Gasteiger charge is 2.23. The standard InChI is InChI=1S/C24H30N4O2S2/c1-3-30-20-10-8-18(9-11-20)6-7-19-12-14-28(15-13-19)22(29)17-32-24-26-25-23(27(24)2)21-5-4-16-31-21/h4-5,8-11,16,19H,3,6-7,12-15,17H2,1-2H3. The van der Waals surface area contributed by atoms with Gasteiger partial charge < -0.3 is 14.2 Å². The van der Waals surface area contributed by atoms with E-state index >= 15 is 0 Å². The summed E-state index contributed by atoms with van der Waals surface area (Å²) in [5.41, 5.74) is 1.36. The number of nitrogens with zero attached hydrogens (tertiary/aromatic N) is 4. The maximum Gasteiger partial charge on any atom is 0.233 e. The zero-order valence-electron chi connectivity index (χ0n) is 18.7. The van der Waals surface area contributed by atoms with Crippen LogP contribution in [0.3, 0.4) is 0 Å². The topological polar surface area (TPSA) is 60.2 Å². The number of hydrogen-bond acceptors (Lipinski definition) is 6. The van der Waals surface area contributed by atoms with E-state index in [1.807, 2.05) is 41.0 Å². The van der Waals surface area contributed by atoms with Crippen LogP contribution in [-0.2, 0) is 18.3 Å². The third-order valence-electron chi connectivity index (χ3n) is 5.94. The summed E-state index contributed by atoms with van der Waals surface area (Å²) >= 11 is 3.11. The van der Waals surface area contributed by atoms with Crippen LogP contribution in [0.25, 0.3) is 10.7 Å². The molecule has 1 saturated heterocycles. The number of carbonyl (C=O) groups excluding carboxylic acids is 1. The lowest BCUT2D eigenvalue weighted by Crippen LogP contribution is -2.39. The largest absolute Gasteiger partial charge is 0.494 e. The molecule has 1 fully saturated rings. The fourth-order valence-electron chi connectivity index (χ4n) is 4.04. The summed E-state index contributed by atoms with van der Waals surface area (Å²) in [5, 5.41) is 11.4. The molecule has 1 aromatic carbocycles. The molecule has 4 rings (SSSR count). The minimum absolute atomic E-state index is 0.195. The van der Waals surface area contributed by atoms with Crippen LogP contribution in [0.5, 0.6) is 5.75 Å². The average molecular weight is 471 g/mol. The Labute approximate surface area is 198 Å². The van der Waals surface area contributed by atoms with Crippen molar-refractivity contribution in [3.8, 4) is 16.5 Å². The van der Waals surface area contributed by atoms with E-state index in [9.17, 15) is 4.79 Å². The second-order valence-electron chi connectivity index (χ2n) is 8.07. The van der Waals surface area contributed by atoms with Crippen molar-refractivity contribution in [3.63, 3.8) is 0 Å². The van der Waals surface area contributed by atoms with Crippen LogP contribution in [0.15, 0.2) is 46.9 Å². The fraction of sp³-hybridized carbons (Fsp3) is 0.458. The highest BCUT2D eigenvalue weighted by molar-refractivity contribution is 7.99. The number of aromatic nitrogens is 3. The Balaban J connectivity index is 1.19. The molecular weight excluding hydrogens is 440 g/mol. The van der Waals surface area contributed by atoms with Crippen molar-refractivity contribution < 1.29 is 9.53 Å². The van der Waals surface area contributed by atoms with Crippen LogP contribution in [0.4, 0.5) is 0 Å². The number of ether oxygens (including phenoxy) is 1. The van der Waals surface area contributed by atoms with E-state index in [4.69, 9.17) is 4.74 Å². The average Bonchev–Trinajstić information content (AvgIpc) is 3.47. The highest BCUT2D eigenvalue weighted by atomic mass is 32.2. The van der Waals surface area contributed by atoms with Gasteiger partial charge in [-0.2, -0.15) is 0 Å². The summed E-state index contributed by atoms with van der Waals surface area (Å²) in [7, 11) is 1.96. The summed E-state index contributed by atoms with van der Waals surface area (Å²) in [5.74, 6) is 3.08. The van der Waals surface area contributed by atoms with E-state index in [1.165, 1.54) is 23.7 Å². The maximum absolute atomic E-state index is 12.7. The SMILES string of the molecule is CCOc1ccc(CCC2CCN(C(=O)CSc3nnc(-c4cccs4)n3C)CC2)cc1. The molecule has 8 heteroatoms. The maximum atomic E-state index is 12.7. The lowest BCUT2D eigenvalue weighted by molar-refractivity contribution is -0.129. The minimum Gasteiger partial charge on any atom is -0.494 e. The van der Waals surface area contributed by atoms with E-state index in [0.717, 1.165) is 54.0 Å². The molecule has 0 bridgehead atoms. The van der Waals surface area contributed by atoms with Gasteiger partial charge in [0.1, 0.15) is 5.75 Å². The number of benzene rings is 1. The van der Waals surface area contributed by atoms with Crippen molar-refractivity contribution in [1.82, 2.24) is 19.7 Å². The van der Waals surface area contributed by atoms with E-state index in [2.05, 4.69) is 34.5 Å². The lowest BCUT2D eigenvalue weighted by Gasteiger charge is -2.32. The predicted molar refractivity (Wildman–Crippen MR) is 130 cm³/mol. The fourth-order valence-corrected chi connectivity index (χ4v) is 5.60. The van der Waals surface area contributed by atoms with Gasteiger partial charge in [0.2, 0.25) is 5.91 Å². The Hall–Kier alpha value is -2.32. The van der Waals surface area contributed by atoms with Crippen molar-refractivity contribution in [2.24, 2.45) is 13.0 Å². The quantitative estimate of drug-likeness (QED) is 0.416. The molecule has 3 aromatic rings. The first-order valence-corrected chi connectivity index (χ1v) is 13.1. The van der Waals surface area contributed by atoms with Gasteiger partial charge in [-0.15, -0.1) is 21.5 Å². The number of thioether (sulfide) groups is 1. The molecule has 1 aliphatic heterocycles. The third kappa shape index (κ3) is 5.72. The van der Waals surface area contributed by atoms with E-state index in [1.54, 1.807) is 11.3 Å². The number of likely N-dealkylation sites (tertiary alicyclic amines) is 1. The summed E-state index contributed by atoms with van der Waals surface area (Å²) in [6.07, 6.45) is 4.43. The highest BCUT2D eigenvalue weighted by Crippen LogP contribution is 2.27. The molecule has 0 saturated carbocycles. The molecule has 0 radical (unpaired) electrons. The molecule has 1 amide bonds. The second-order valence-corrected chi connectivity index (χ2v) is 9.96. The number of piperidine rings is 1. The number of rotatable bonds is 9. The van der Waals surface area contributed by atoms with Crippen LogP contribution in [-0.4, -0.2) is 51.0 Å². The molecule has 0 spiro atoms.